The number of benzene rings is 1. The number of nitrogens with zero attached hydrogens (tertiary/aromatic N) is 3. The highest BCUT2D eigenvalue weighted by Gasteiger charge is 2.10. The van der Waals surface area contributed by atoms with Gasteiger partial charge in [0.05, 0.1) is 18.6 Å². The van der Waals surface area contributed by atoms with Crippen molar-refractivity contribution in [1.82, 2.24) is 15.0 Å². The summed E-state index contributed by atoms with van der Waals surface area (Å²) >= 11 is 0. The lowest BCUT2D eigenvalue weighted by molar-refractivity contribution is 0.191. The number of aliphatic hydroxyl groups excluding tert-OH is 1. The van der Waals surface area contributed by atoms with Crippen molar-refractivity contribution in [3.63, 3.8) is 0 Å². The summed E-state index contributed by atoms with van der Waals surface area (Å²) in [5.74, 6) is 1.37. The summed E-state index contributed by atoms with van der Waals surface area (Å²) in [4.78, 5) is 12.5. The molecule has 0 aliphatic heterocycles. The standard InChI is InChI=1S/C16H16N4O2/c1-22-12-5-2-4-11(8-12)14(21)9-18-16-13-6-3-7-17-15(13)19-10-20-16/h2-8,10,14,21H,9H2,1H3,(H,17,18,19,20). The molecule has 3 rings (SSSR count). The van der Waals surface area contributed by atoms with Crippen LogP contribution in [0.5, 0.6) is 5.75 Å². The number of rotatable bonds is 5. The molecule has 0 bridgehead atoms. The van der Waals surface area contributed by atoms with Gasteiger partial charge in [-0.3, -0.25) is 0 Å². The van der Waals surface area contributed by atoms with E-state index in [2.05, 4.69) is 20.3 Å². The van der Waals surface area contributed by atoms with Crippen molar-refractivity contribution in [2.24, 2.45) is 0 Å². The fourth-order valence-electron chi connectivity index (χ4n) is 2.20. The number of ether oxygens (including phenoxy) is 1. The van der Waals surface area contributed by atoms with Crippen molar-refractivity contribution < 1.29 is 9.84 Å². The molecule has 0 radical (unpaired) electrons. The Morgan fingerprint density at radius 3 is 2.95 bits per heavy atom. The Labute approximate surface area is 127 Å². The zero-order chi connectivity index (χ0) is 15.4. The molecule has 6 nitrogen and oxygen atoms in total. The smallest absolute Gasteiger partial charge is 0.164 e. The minimum atomic E-state index is -0.670. The summed E-state index contributed by atoms with van der Waals surface area (Å²) in [7, 11) is 1.60. The number of aliphatic hydroxyl groups is 1. The van der Waals surface area contributed by atoms with Crippen molar-refractivity contribution in [2.75, 3.05) is 19.0 Å². The molecule has 0 saturated carbocycles. The fraction of sp³-hybridized carbons (Fsp3) is 0.188. The third-order valence-corrected chi connectivity index (χ3v) is 3.35. The van der Waals surface area contributed by atoms with Gasteiger partial charge in [0.25, 0.3) is 0 Å². The molecule has 0 aliphatic rings. The second-order valence-electron chi connectivity index (χ2n) is 4.77. The van der Waals surface area contributed by atoms with E-state index in [1.165, 1.54) is 6.33 Å². The lowest BCUT2D eigenvalue weighted by Crippen LogP contribution is -2.13. The third-order valence-electron chi connectivity index (χ3n) is 3.35. The molecular formula is C16H16N4O2. The van der Waals surface area contributed by atoms with Gasteiger partial charge in [0.1, 0.15) is 17.9 Å². The van der Waals surface area contributed by atoms with E-state index in [9.17, 15) is 5.11 Å². The van der Waals surface area contributed by atoms with Crippen LogP contribution in [0, 0.1) is 0 Å². The molecule has 0 fully saturated rings. The molecule has 1 unspecified atom stereocenters. The minimum absolute atomic E-state index is 0.328. The zero-order valence-electron chi connectivity index (χ0n) is 12.1. The number of fused-ring (bicyclic) bond motifs is 1. The van der Waals surface area contributed by atoms with Crippen LogP contribution in [0.15, 0.2) is 48.9 Å². The predicted octanol–water partition coefficient (Wildman–Crippen LogP) is 2.18. The maximum atomic E-state index is 10.3. The molecule has 0 saturated heterocycles. The van der Waals surface area contributed by atoms with Crippen molar-refractivity contribution in [2.45, 2.75) is 6.10 Å². The van der Waals surface area contributed by atoms with Gasteiger partial charge in [-0.2, -0.15) is 0 Å². The van der Waals surface area contributed by atoms with E-state index in [0.29, 0.717) is 23.8 Å². The molecule has 0 spiro atoms. The maximum absolute atomic E-state index is 10.3. The highest BCUT2D eigenvalue weighted by Crippen LogP contribution is 2.21. The number of anilines is 1. The number of methoxy groups -OCH3 is 1. The van der Waals surface area contributed by atoms with Crippen LogP contribution in [0.2, 0.25) is 0 Å². The fourth-order valence-corrected chi connectivity index (χ4v) is 2.20. The lowest BCUT2D eigenvalue weighted by Gasteiger charge is -2.14. The van der Waals surface area contributed by atoms with Gasteiger partial charge in [0.2, 0.25) is 0 Å². The van der Waals surface area contributed by atoms with E-state index in [4.69, 9.17) is 4.74 Å². The number of nitrogens with one attached hydrogen (secondary N) is 1. The average molecular weight is 296 g/mol. The second-order valence-corrected chi connectivity index (χ2v) is 4.77. The monoisotopic (exact) mass is 296 g/mol. The van der Waals surface area contributed by atoms with Gasteiger partial charge in [0, 0.05) is 12.7 Å². The number of pyridine rings is 1. The molecule has 6 heteroatoms. The summed E-state index contributed by atoms with van der Waals surface area (Å²) in [6, 6.07) is 11.1. The Bertz CT molecular complexity index is 773. The Kier molecular flexibility index (Phi) is 4.11. The van der Waals surface area contributed by atoms with Gasteiger partial charge in [-0.25, -0.2) is 15.0 Å². The van der Waals surface area contributed by atoms with E-state index in [-0.39, 0.29) is 0 Å². The van der Waals surface area contributed by atoms with Crippen LogP contribution < -0.4 is 10.1 Å². The first-order chi connectivity index (χ1) is 10.8. The van der Waals surface area contributed by atoms with Crippen molar-refractivity contribution in [3.05, 3.63) is 54.5 Å². The highest BCUT2D eigenvalue weighted by molar-refractivity contribution is 5.85. The SMILES string of the molecule is COc1cccc(C(O)CNc2ncnc3ncccc23)c1. The van der Waals surface area contributed by atoms with E-state index < -0.39 is 6.10 Å². The summed E-state index contributed by atoms with van der Waals surface area (Å²) in [5, 5.41) is 14.3. The highest BCUT2D eigenvalue weighted by atomic mass is 16.5. The van der Waals surface area contributed by atoms with Gasteiger partial charge >= 0.3 is 0 Å². The zero-order valence-corrected chi connectivity index (χ0v) is 12.1. The average Bonchev–Trinajstić information content (AvgIpc) is 2.59. The largest absolute Gasteiger partial charge is 0.497 e. The van der Waals surface area contributed by atoms with E-state index >= 15 is 0 Å². The Hall–Kier alpha value is -2.73. The molecule has 112 valence electrons. The molecule has 3 aromatic rings. The summed E-state index contributed by atoms with van der Waals surface area (Å²) < 4.78 is 5.17. The minimum Gasteiger partial charge on any atom is -0.497 e. The maximum Gasteiger partial charge on any atom is 0.164 e. The van der Waals surface area contributed by atoms with E-state index in [0.717, 1.165) is 10.9 Å². The molecule has 2 heterocycles. The van der Waals surface area contributed by atoms with Crippen LogP contribution in [-0.4, -0.2) is 33.7 Å². The lowest BCUT2D eigenvalue weighted by atomic mass is 10.1. The molecule has 1 aromatic carbocycles. The Morgan fingerprint density at radius 2 is 2.09 bits per heavy atom. The van der Waals surface area contributed by atoms with Gasteiger partial charge in [-0.05, 0) is 29.8 Å². The van der Waals surface area contributed by atoms with E-state index in [1.807, 2.05) is 36.4 Å². The number of aromatic nitrogens is 3. The van der Waals surface area contributed by atoms with Crippen LogP contribution in [0.1, 0.15) is 11.7 Å². The molecule has 22 heavy (non-hydrogen) atoms. The van der Waals surface area contributed by atoms with Crippen molar-refractivity contribution >= 4 is 16.9 Å². The van der Waals surface area contributed by atoms with Crippen LogP contribution in [0.25, 0.3) is 11.0 Å². The molecule has 2 aromatic heterocycles. The quantitative estimate of drug-likeness (QED) is 0.751. The summed E-state index contributed by atoms with van der Waals surface area (Å²) in [5.41, 5.74) is 1.40. The van der Waals surface area contributed by atoms with Gasteiger partial charge in [0.15, 0.2) is 5.65 Å². The second kappa shape index (κ2) is 6.36. The van der Waals surface area contributed by atoms with Crippen molar-refractivity contribution in [1.29, 1.82) is 0 Å². The number of hydrogen-bond acceptors (Lipinski definition) is 6. The number of hydrogen-bond donors (Lipinski definition) is 2. The molecule has 1 atom stereocenters. The van der Waals surface area contributed by atoms with Gasteiger partial charge < -0.3 is 15.2 Å². The van der Waals surface area contributed by atoms with E-state index in [1.54, 1.807) is 13.3 Å². The normalized spacial score (nSPS) is 12.1. The predicted molar refractivity (Wildman–Crippen MR) is 83.8 cm³/mol. The Balaban J connectivity index is 1.76. The summed E-state index contributed by atoms with van der Waals surface area (Å²) in [6.07, 6.45) is 2.47. The molecule has 0 aliphatic carbocycles. The van der Waals surface area contributed by atoms with Crippen LogP contribution in [0.4, 0.5) is 5.82 Å². The van der Waals surface area contributed by atoms with Crippen LogP contribution >= 0.6 is 0 Å². The first-order valence-electron chi connectivity index (χ1n) is 6.89. The topological polar surface area (TPSA) is 80.2 Å². The first kappa shape index (κ1) is 14.2. The summed E-state index contributed by atoms with van der Waals surface area (Å²) in [6.45, 7) is 0.328. The molecule has 0 amide bonds. The Morgan fingerprint density at radius 1 is 1.18 bits per heavy atom. The molecule has 2 N–H and O–H groups in total. The first-order valence-corrected chi connectivity index (χ1v) is 6.89. The van der Waals surface area contributed by atoms with Crippen LogP contribution in [-0.2, 0) is 0 Å². The molecular weight excluding hydrogens is 280 g/mol. The van der Waals surface area contributed by atoms with Gasteiger partial charge in [-0.1, -0.05) is 12.1 Å². The van der Waals surface area contributed by atoms with Crippen molar-refractivity contribution in [3.8, 4) is 5.75 Å². The third kappa shape index (κ3) is 2.96. The van der Waals surface area contributed by atoms with Crippen LogP contribution in [0.3, 0.4) is 0 Å². The van der Waals surface area contributed by atoms with Gasteiger partial charge in [-0.15, -0.1) is 0 Å².